The summed E-state index contributed by atoms with van der Waals surface area (Å²) in [5, 5.41) is 8.94. The summed E-state index contributed by atoms with van der Waals surface area (Å²) in [6, 6.07) is 11.0. The van der Waals surface area contributed by atoms with Gasteiger partial charge in [0.05, 0.1) is 5.69 Å². The lowest BCUT2D eigenvalue weighted by Crippen LogP contribution is -2.06. The second kappa shape index (κ2) is 6.39. The van der Waals surface area contributed by atoms with E-state index in [0.717, 1.165) is 16.9 Å². The summed E-state index contributed by atoms with van der Waals surface area (Å²) in [6.07, 6.45) is 0. The molecule has 1 aromatic carbocycles. The van der Waals surface area contributed by atoms with E-state index >= 15 is 0 Å². The second-order valence-electron chi connectivity index (χ2n) is 5.30. The SMILES string of the molecule is Cc1ccc(C(C)C)c(OCc2cccc(C(=O)O)n2)c1. The van der Waals surface area contributed by atoms with Crippen molar-refractivity contribution in [1.82, 2.24) is 4.98 Å². The molecular formula is C17H19NO3. The van der Waals surface area contributed by atoms with Crippen molar-refractivity contribution in [3.05, 3.63) is 58.9 Å². The van der Waals surface area contributed by atoms with Gasteiger partial charge in [0, 0.05) is 0 Å². The maximum atomic E-state index is 10.9. The van der Waals surface area contributed by atoms with Crippen LogP contribution < -0.4 is 4.74 Å². The van der Waals surface area contributed by atoms with Crippen LogP contribution in [0.25, 0.3) is 0 Å². The van der Waals surface area contributed by atoms with Crippen molar-refractivity contribution in [1.29, 1.82) is 0 Å². The minimum absolute atomic E-state index is 0.0319. The Balaban J connectivity index is 2.18. The van der Waals surface area contributed by atoms with Crippen molar-refractivity contribution in [3.8, 4) is 5.75 Å². The first-order chi connectivity index (χ1) is 9.97. The average Bonchev–Trinajstić information content (AvgIpc) is 2.45. The van der Waals surface area contributed by atoms with Gasteiger partial charge in [0.1, 0.15) is 18.1 Å². The number of rotatable bonds is 5. The van der Waals surface area contributed by atoms with Crippen molar-refractivity contribution < 1.29 is 14.6 Å². The summed E-state index contributed by atoms with van der Waals surface area (Å²) in [7, 11) is 0. The number of carboxylic acids is 1. The maximum absolute atomic E-state index is 10.9. The molecule has 21 heavy (non-hydrogen) atoms. The van der Waals surface area contributed by atoms with Crippen LogP contribution >= 0.6 is 0 Å². The molecule has 0 aliphatic carbocycles. The van der Waals surface area contributed by atoms with Gasteiger partial charge in [-0.25, -0.2) is 9.78 Å². The highest BCUT2D eigenvalue weighted by Gasteiger charge is 2.10. The number of carboxylic acid groups (broad SMARTS) is 1. The van der Waals surface area contributed by atoms with Gasteiger partial charge in [-0.05, 0) is 42.2 Å². The zero-order valence-electron chi connectivity index (χ0n) is 12.5. The quantitative estimate of drug-likeness (QED) is 0.908. The summed E-state index contributed by atoms with van der Waals surface area (Å²) >= 11 is 0. The fraction of sp³-hybridized carbons (Fsp3) is 0.294. The first kappa shape index (κ1) is 15.0. The molecule has 1 N–H and O–H groups in total. The fourth-order valence-electron chi connectivity index (χ4n) is 2.07. The van der Waals surface area contributed by atoms with Crippen LogP contribution in [0.4, 0.5) is 0 Å². The Bertz CT molecular complexity index is 650. The van der Waals surface area contributed by atoms with Crippen LogP contribution in [0, 0.1) is 6.92 Å². The van der Waals surface area contributed by atoms with E-state index in [1.807, 2.05) is 13.0 Å². The Morgan fingerprint density at radius 2 is 2.05 bits per heavy atom. The van der Waals surface area contributed by atoms with Crippen LogP contribution in [0.2, 0.25) is 0 Å². The van der Waals surface area contributed by atoms with Gasteiger partial charge in [-0.1, -0.05) is 32.0 Å². The normalized spacial score (nSPS) is 10.7. The fourth-order valence-corrected chi connectivity index (χ4v) is 2.07. The monoisotopic (exact) mass is 285 g/mol. The lowest BCUT2D eigenvalue weighted by Gasteiger charge is -2.14. The highest BCUT2D eigenvalue weighted by molar-refractivity contribution is 5.85. The third-order valence-corrected chi connectivity index (χ3v) is 3.19. The molecule has 0 fully saturated rings. The van der Waals surface area contributed by atoms with Crippen molar-refractivity contribution >= 4 is 5.97 Å². The first-order valence-corrected chi connectivity index (χ1v) is 6.90. The number of pyridine rings is 1. The van der Waals surface area contributed by atoms with Crippen LogP contribution in [-0.2, 0) is 6.61 Å². The topological polar surface area (TPSA) is 59.4 Å². The summed E-state index contributed by atoms with van der Waals surface area (Å²) in [5.74, 6) is 0.154. The Morgan fingerprint density at radius 3 is 2.71 bits per heavy atom. The van der Waals surface area contributed by atoms with Crippen molar-refractivity contribution in [2.24, 2.45) is 0 Å². The highest BCUT2D eigenvalue weighted by Crippen LogP contribution is 2.28. The number of aryl methyl sites for hydroxylation is 1. The zero-order chi connectivity index (χ0) is 15.4. The largest absolute Gasteiger partial charge is 0.487 e. The molecule has 2 rings (SSSR count). The Morgan fingerprint density at radius 1 is 1.29 bits per heavy atom. The molecule has 1 heterocycles. The second-order valence-corrected chi connectivity index (χ2v) is 5.30. The minimum Gasteiger partial charge on any atom is -0.487 e. The number of hydrogen-bond acceptors (Lipinski definition) is 3. The van der Waals surface area contributed by atoms with Gasteiger partial charge in [-0.3, -0.25) is 0 Å². The van der Waals surface area contributed by atoms with E-state index in [0.29, 0.717) is 11.6 Å². The van der Waals surface area contributed by atoms with Gasteiger partial charge < -0.3 is 9.84 Å². The molecule has 0 atom stereocenters. The molecule has 0 aliphatic heterocycles. The molecular weight excluding hydrogens is 266 g/mol. The summed E-state index contributed by atoms with van der Waals surface area (Å²) < 4.78 is 5.84. The van der Waals surface area contributed by atoms with Crippen LogP contribution in [0.5, 0.6) is 5.75 Å². The number of carbonyl (C=O) groups is 1. The molecule has 0 aliphatic rings. The van der Waals surface area contributed by atoms with Gasteiger partial charge in [-0.15, -0.1) is 0 Å². The van der Waals surface area contributed by atoms with Crippen molar-refractivity contribution in [3.63, 3.8) is 0 Å². The van der Waals surface area contributed by atoms with Gasteiger partial charge >= 0.3 is 5.97 Å². The van der Waals surface area contributed by atoms with Crippen LogP contribution in [-0.4, -0.2) is 16.1 Å². The van der Waals surface area contributed by atoms with E-state index in [4.69, 9.17) is 9.84 Å². The number of aromatic carboxylic acids is 1. The summed E-state index contributed by atoms with van der Waals surface area (Å²) in [5.41, 5.74) is 2.90. The molecule has 4 nitrogen and oxygen atoms in total. The van der Waals surface area contributed by atoms with Crippen LogP contribution in [0.15, 0.2) is 36.4 Å². The van der Waals surface area contributed by atoms with Gasteiger partial charge in [0.25, 0.3) is 0 Å². The minimum atomic E-state index is -1.03. The molecule has 0 spiro atoms. The molecule has 0 unspecified atom stereocenters. The molecule has 0 bridgehead atoms. The van der Waals surface area contributed by atoms with E-state index < -0.39 is 5.97 Å². The van der Waals surface area contributed by atoms with E-state index in [1.165, 1.54) is 6.07 Å². The maximum Gasteiger partial charge on any atom is 0.354 e. The average molecular weight is 285 g/mol. The lowest BCUT2D eigenvalue weighted by molar-refractivity contribution is 0.0690. The lowest BCUT2D eigenvalue weighted by atomic mass is 10.0. The molecule has 110 valence electrons. The number of ether oxygens (including phenoxy) is 1. The molecule has 1 aromatic heterocycles. The summed E-state index contributed by atoms with van der Waals surface area (Å²) in [4.78, 5) is 15.0. The zero-order valence-corrected chi connectivity index (χ0v) is 12.5. The third-order valence-electron chi connectivity index (χ3n) is 3.19. The number of benzene rings is 1. The van der Waals surface area contributed by atoms with Gasteiger partial charge in [0.2, 0.25) is 0 Å². The predicted octanol–water partition coefficient (Wildman–Crippen LogP) is 3.79. The van der Waals surface area contributed by atoms with Crippen molar-refractivity contribution in [2.45, 2.75) is 33.3 Å². The molecule has 0 saturated heterocycles. The number of nitrogens with zero attached hydrogens (tertiary/aromatic N) is 1. The molecule has 2 aromatic rings. The third kappa shape index (κ3) is 3.81. The predicted molar refractivity (Wildman–Crippen MR) is 80.8 cm³/mol. The van der Waals surface area contributed by atoms with E-state index in [9.17, 15) is 4.79 Å². The Kier molecular flexibility index (Phi) is 4.58. The molecule has 0 amide bonds. The summed E-state index contributed by atoms with van der Waals surface area (Å²) in [6.45, 7) is 6.49. The van der Waals surface area contributed by atoms with Crippen molar-refractivity contribution in [2.75, 3.05) is 0 Å². The Labute approximate surface area is 124 Å². The van der Waals surface area contributed by atoms with Gasteiger partial charge in [0.15, 0.2) is 0 Å². The molecule has 0 radical (unpaired) electrons. The first-order valence-electron chi connectivity index (χ1n) is 6.90. The number of aromatic nitrogens is 1. The smallest absolute Gasteiger partial charge is 0.354 e. The van der Waals surface area contributed by atoms with Crippen LogP contribution in [0.3, 0.4) is 0 Å². The van der Waals surface area contributed by atoms with E-state index in [2.05, 4.69) is 31.0 Å². The number of hydrogen-bond donors (Lipinski definition) is 1. The van der Waals surface area contributed by atoms with Crippen LogP contribution in [0.1, 0.15) is 47.1 Å². The van der Waals surface area contributed by atoms with Gasteiger partial charge in [-0.2, -0.15) is 0 Å². The van der Waals surface area contributed by atoms with E-state index in [-0.39, 0.29) is 12.3 Å². The van der Waals surface area contributed by atoms with E-state index in [1.54, 1.807) is 12.1 Å². The highest BCUT2D eigenvalue weighted by atomic mass is 16.5. The molecule has 0 saturated carbocycles. The standard InChI is InChI=1S/C17H19NO3/c1-11(2)14-8-7-12(3)9-16(14)21-10-13-5-4-6-15(18-13)17(19)20/h4-9,11H,10H2,1-3H3,(H,19,20). The Hall–Kier alpha value is -2.36. The molecule has 4 heteroatoms.